The molecular weight excluding hydrogens is 278 g/mol. The molecule has 0 radical (unpaired) electrons. The second-order valence-corrected chi connectivity index (χ2v) is 7.04. The molecule has 0 amide bonds. The van der Waals surface area contributed by atoms with Crippen molar-refractivity contribution in [1.82, 2.24) is 14.2 Å². The van der Waals surface area contributed by atoms with Crippen molar-refractivity contribution in [2.45, 2.75) is 23.8 Å². The predicted octanol–water partition coefficient (Wildman–Crippen LogP) is 0.0819. The number of hydrogen-bond donors (Lipinski definition) is 2. The van der Waals surface area contributed by atoms with E-state index in [0.717, 1.165) is 25.9 Å². The second kappa shape index (κ2) is 6.04. The zero-order valence-corrected chi connectivity index (χ0v) is 12.6. The van der Waals surface area contributed by atoms with Crippen LogP contribution in [0.4, 0.5) is 5.69 Å². The first-order valence-electron chi connectivity index (χ1n) is 6.54. The number of hydrazine groups is 1. The van der Waals surface area contributed by atoms with Crippen LogP contribution in [0.5, 0.6) is 0 Å². The van der Waals surface area contributed by atoms with Crippen LogP contribution in [0, 0.1) is 0 Å². The van der Waals surface area contributed by atoms with Crippen LogP contribution >= 0.6 is 0 Å². The number of piperidine rings is 1. The third-order valence-corrected chi connectivity index (χ3v) is 5.74. The monoisotopic (exact) mass is 299 g/mol. The molecule has 1 aromatic heterocycles. The lowest BCUT2D eigenvalue weighted by Crippen LogP contribution is -2.44. The number of aromatic nitrogens is 1. The third-order valence-electron chi connectivity index (χ3n) is 3.80. The summed E-state index contributed by atoms with van der Waals surface area (Å²) in [6, 6.07) is 1.57. The minimum absolute atomic E-state index is 0.0158. The molecule has 0 unspecified atom stereocenters. The van der Waals surface area contributed by atoms with Crippen molar-refractivity contribution < 1.29 is 8.42 Å². The van der Waals surface area contributed by atoms with E-state index in [1.54, 1.807) is 13.1 Å². The maximum atomic E-state index is 12.7. The highest BCUT2D eigenvalue weighted by molar-refractivity contribution is 7.89. The van der Waals surface area contributed by atoms with Crippen molar-refractivity contribution in [1.29, 1.82) is 0 Å². The van der Waals surface area contributed by atoms with Gasteiger partial charge in [0.2, 0.25) is 10.0 Å². The molecule has 1 fully saturated rings. The van der Waals surface area contributed by atoms with Gasteiger partial charge in [0, 0.05) is 25.5 Å². The number of sulfonamides is 1. The highest BCUT2D eigenvalue weighted by Crippen LogP contribution is 2.26. The molecule has 1 saturated heterocycles. The summed E-state index contributed by atoms with van der Waals surface area (Å²) >= 11 is 0. The molecule has 0 spiro atoms. The van der Waals surface area contributed by atoms with Crippen molar-refractivity contribution in [3.63, 3.8) is 0 Å². The summed E-state index contributed by atoms with van der Waals surface area (Å²) in [4.78, 5) is 6.21. The van der Waals surface area contributed by atoms with E-state index in [4.69, 9.17) is 5.84 Å². The number of nitrogens with zero attached hydrogens (tertiary/aromatic N) is 3. The van der Waals surface area contributed by atoms with E-state index in [2.05, 4.69) is 15.3 Å². The van der Waals surface area contributed by atoms with Crippen molar-refractivity contribution in [3.05, 3.63) is 18.5 Å². The van der Waals surface area contributed by atoms with E-state index in [9.17, 15) is 8.42 Å². The van der Waals surface area contributed by atoms with Crippen LogP contribution in [0.3, 0.4) is 0 Å². The van der Waals surface area contributed by atoms with Crippen LogP contribution in [0.2, 0.25) is 0 Å². The van der Waals surface area contributed by atoms with E-state index >= 15 is 0 Å². The third kappa shape index (κ3) is 2.93. The molecule has 0 aromatic carbocycles. The summed E-state index contributed by atoms with van der Waals surface area (Å²) in [5.41, 5.74) is 2.77. The molecule has 0 aliphatic carbocycles. The number of likely N-dealkylation sites (tertiary alicyclic amines) is 1. The smallest absolute Gasteiger partial charge is 0.246 e. The number of rotatable bonds is 4. The summed E-state index contributed by atoms with van der Waals surface area (Å²) in [6.45, 7) is 1.80. The molecule has 0 atom stereocenters. The second-order valence-electron chi connectivity index (χ2n) is 5.07. The largest absolute Gasteiger partial charge is 0.323 e. The molecule has 1 aromatic rings. The first-order valence-corrected chi connectivity index (χ1v) is 7.98. The van der Waals surface area contributed by atoms with Gasteiger partial charge in [-0.1, -0.05) is 0 Å². The maximum absolute atomic E-state index is 12.7. The standard InChI is InChI=1S/C12H21N5O2S/c1-16-7-4-10(5-8-16)17(2)20(18,19)12-9-14-6-3-11(12)15-13/h3,6,9-10H,4-5,7-8,13H2,1-2H3,(H,14,15). The van der Waals surface area contributed by atoms with Gasteiger partial charge in [0.05, 0.1) is 5.69 Å². The van der Waals surface area contributed by atoms with Crippen LogP contribution in [-0.4, -0.2) is 55.8 Å². The van der Waals surface area contributed by atoms with Gasteiger partial charge in [-0.3, -0.25) is 10.8 Å². The minimum Gasteiger partial charge on any atom is -0.323 e. The Labute approximate surface area is 119 Å². The molecule has 3 N–H and O–H groups in total. The Kier molecular flexibility index (Phi) is 4.59. The molecule has 112 valence electrons. The SMILES string of the molecule is CN1CCC(N(C)S(=O)(=O)c2cnccc2NN)CC1. The molecule has 0 saturated carbocycles. The average molecular weight is 299 g/mol. The van der Waals surface area contributed by atoms with E-state index in [-0.39, 0.29) is 10.9 Å². The van der Waals surface area contributed by atoms with Gasteiger partial charge in [0.25, 0.3) is 0 Å². The number of nitrogen functional groups attached to an aromatic ring is 1. The fourth-order valence-electron chi connectivity index (χ4n) is 2.41. The van der Waals surface area contributed by atoms with Crippen LogP contribution in [-0.2, 0) is 10.0 Å². The number of anilines is 1. The van der Waals surface area contributed by atoms with Gasteiger partial charge in [0.1, 0.15) is 4.90 Å². The zero-order valence-electron chi connectivity index (χ0n) is 11.8. The van der Waals surface area contributed by atoms with Gasteiger partial charge in [-0.2, -0.15) is 4.31 Å². The van der Waals surface area contributed by atoms with Gasteiger partial charge in [-0.15, -0.1) is 0 Å². The predicted molar refractivity (Wildman–Crippen MR) is 77.5 cm³/mol. The van der Waals surface area contributed by atoms with Gasteiger partial charge >= 0.3 is 0 Å². The normalized spacial score (nSPS) is 18.4. The molecule has 2 rings (SSSR count). The highest BCUT2D eigenvalue weighted by Gasteiger charge is 2.31. The van der Waals surface area contributed by atoms with Gasteiger partial charge in [-0.25, -0.2) is 8.42 Å². The Morgan fingerprint density at radius 2 is 2.10 bits per heavy atom. The Hall–Kier alpha value is -1.22. The van der Waals surface area contributed by atoms with Gasteiger partial charge < -0.3 is 10.3 Å². The summed E-state index contributed by atoms with van der Waals surface area (Å²) in [5.74, 6) is 5.38. The average Bonchev–Trinajstić information content (AvgIpc) is 2.47. The molecule has 8 heteroatoms. The molecule has 2 heterocycles. The first kappa shape index (κ1) is 15.2. The van der Waals surface area contributed by atoms with Crippen LogP contribution in [0.25, 0.3) is 0 Å². The molecule has 0 bridgehead atoms. The van der Waals surface area contributed by atoms with Crippen molar-refractivity contribution in [2.24, 2.45) is 5.84 Å². The van der Waals surface area contributed by atoms with E-state index in [0.29, 0.717) is 5.69 Å². The van der Waals surface area contributed by atoms with Gasteiger partial charge in [-0.05, 0) is 39.0 Å². The summed E-state index contributed by atoms with van der Waals surface area (Å²) in [7, 11) is 0.0785. The Bertz CT molecular complexity index is 555. The minimum atomic E-state index is -3.59. The lowest BCUT2D eigenvalue weighted by Gasteiger charge is -2.34. The Morgan fingerprint density at radius 3 is 2.70 bits per heavy atom. The van der Waals surface area contributed by atoms with Crippen molar-refractivity contribution >= 4 is 15.7 Å². The van der Waals surface area contributed by atoms with Crippen LogP contribution in [0.15, 0.2) is 23.4 Å². The topological polar surface area (TPSA) is 91.6 Å². The molecule has 1 aliphatic heterocycles. The lowest BCUT2D eigenvalue weighted by molar-refractivity contribution is 0.197. The quantitative estimate of drug-likeness (QED) is 0.604. The Morgan fingerprint density at radius 1 is 1.45 bits per heavy atom. The number of pyridine rings is 1. The Balaban J connectivity index is 2.25. The molecule has 1 aliphatic rings. The highest BCUT2D eigenvalue weighted by atomic mass is 32.2. The summed E-state index contributed by atoms with van der Waals surface area (Å²) < 4.78 is 26.8. The summed E-state index contributed by atoms with van der Waals surface area (Å²) in [6.07, 6.45) is 4.50. The maximum Gasteiger partial charge on any atom is 0.246 e. The van der Waals surface area contributed by atoms with E-state index < -0.39 is 10.0 Å². The fraction of sp³-hybridized carbons (Fsp3) is 0.583. The molecule has 7 nitrogen and oxygen atoms in total. The number of hydrogen-bond acceptors (Lipinski definition) is 6. The van der Waals surface area contributed by atoms with Crippen LogP contribution < -0.4 is 11.3 Å². The van der Waals surface area contributed by atoms with E-state index in [1.807, 2.05) is 7.05 Å². The lowest BCUT2D eigenvalue weighted by atomic mass is 10.1. The van der Waals surface area contributed by atoms with Gasteiger partial charge in [0.15, 0.2) is 0 Å². The first-order chi connectivity index (χ1) is 9.46. The van der Waals surface area contributed by atoms with Crippen molar-refractivity contribution in [3.8, 4) is 0 Å². The zero-order chi connectivity index (χ0) is 14.8. The number of nitrogens with one attached hydrogen (secondary N) is 1. The summed E-state index contributed by atoms with van der Waals surface area (Å²) in [5, 5.41) is 0. The molecular formula is C12H21N5O2S. The van der Waals surface area contributed by atoms with E-state index in [1.165, 1.54) is 16.7 Å². The van der Waals surface area contributed by atoms with Crippen molar-refractivity contribution in [2.75, 3.05) is 32.6 Å². The fourth-order valence-corrected chi connectivity index (χ4v) is 3.93. The number of nitrogens with two attached hydrogens (primary N) is 1. The molecule has 20 heavy (non-hydrogen) atoms. The van der Waals surface area contributed by atoms with Crippen LogP contribution in [0.1, 0.15) is 12.8 Å².